The van der Waals surface area contributed by atoms with Crippen LogP contribution in [0.25, 0.3) is 11.0 Å². The molecule has 13 heteroatoms. The molecule has 4 aromatic rings. The van der Waals surface area contributed by atoms with Gasteiger partial charge in [0.1, 0.15) is 5.75 Å². The van der Waals surface area contributed by atoms with Gasteiger partial charge in [0.2, 0.25) is 5.16 Å². The molecule has 0 spiro atoms. The predicted octanol–water partition coefficient (Wildman–Crippen LogP) is 4.33. The van der Waals surface area contributed by atoms with Crippen LogP contribution in [0.1, 0.15) is 34.1 Å². The van der Waals surface area contributed by atoms with E-state index in [1.165, 1.54) is 37.4 Å². The number of carboxylic acid groups (broad SMARTS) is 1. The SMILES string of the molecule is Cc1ccc(C(=O)O)cc1S(=O)(=O)n1c(S(=O)Cc2nccc(OCC(C)(F)F)c2C)nc2ccccc21. The molecule has 38 heavy (non-hydrogen) atoms. The van der Waals surface area contributed by atoms with Gasteiger partial charge >= 0.3 is 5.97 Å². The summed E-state index contributed by atoms with van der Waals surface area (Å²) in [5, 5.41) is 9.09. The number of aromatic carboxylic acids is 1. The number of halogens is 2. The Hall–Kier alpha value is -3.71. The Morgan fingerprint density at radius 1 is 1.16 bits per heavy atom. The van der Waals surface area contributed by atoms with Gasteiger partial charge < -0.3 is 9.84 Å². The van der Waals surface area contributed by atoms with Crippen LogP contribution in [0.15, 0.2) is 64.8 Å². The first-order valence-corrected chi connectivity index (χ1v) is 14.0. The number of carbonyl (C=O) groups is 1. The highest BCUT2D eigenvalue weighted by Gasteiger charge is 2.30. The summed E-state index contributed by atoms with van der Waals surface area (Å²) in [7, 11) is -6.52. The second kappa shape index (κ2) is 10.2. The molecule has 1 atom stereocenters. The van der Waals surface area contributed by atoms with Crippen molar-refractivity contribution in [1.29, 1.82) is 0 Å². The zero-order valence-corrected chi connectivity index (χ0v) is 22.1. The van der Waals surface area contributed by atoms with E-state index in [2.05, 4.69) is 9.97 Å². The number of imidazole rings is 1. The van der Waals surface area contributed by atoms with Crippen molar-refractivity contribution in [3.05, 3.63) is 77.1 Å². The summed E-state index contributed by atoms with van der Waals surface area (Å²) in [5.41, 5.74) is 1.11. The van der Waals surface area contributed by atoms with Crippen LogP contribution in [-0.2, 0) is 26.6 Å². The molecule has 0 saturated heterocycles. The van der Waals surface area contributed by atoms with Crippen LogP contribution in [0.5, 0.6) is 5.75 Å². The molecule has 0 saturated carbocycles. The third-order valence-electron chi connectivity index (χ3n) is 5.66. The van der Waals surface area contributed by atoms with E-state index in [0.29, 0.717) is 11.1 Å². The fourth-order valence-electron chi connectivity index (χ4n) is 3.72. The highest BCUT2D eigenvalue weighted by Crippen LogP contribution is 2.29. The summed E-state index contributed by atoms with van der Waals surface area (Å²) in [6.07, 6.45) is 1.32. The summed E-state index contributed by atoms with van der Waals surface area (Å²) < 4.78 is 73.9. The maximum absolute atomic E-state index is 13.9. The van der Waals surface area contributed by atoms with Crippen LogP contribution in [0.4, 0.5) is 8.78 Å². The third-order valence-corrected chi connectivity index (χ3v) is 8.83. The number of para-hydroxylation sites is 2. The smallest absolute Gasteiger partial charge is 0.335 e. The van der Waals surface area contributed by atoms with E-state index in [4.69, 9.17) is 4.74 Å². The highest BCUT2D eigenvalue weighted by molar-refractivity contribution is 7.91. The number of fused-ring (bicyclic) bond motifs is 1. The number of aromatic nitrogens is 3. The first kappa shape index (κ1) is 27.3. The molecule has 0 fully saturated rings. The molecule has 0 aliphatic rings. The molecule has 2 aromatic carbocycles. The number of benzene rings is 2. The maximum atomic E-state index is 13.9. The monoisotopic (exact) mass is 563 g/mol. The molecule has 200 valence electrons. The van der Waals surface area contributed by atoms with Gasteiger partial charge in [-0.2, -0.15) is 0 Å². The fourth-order valence-corrected chi connectivity index (χ4v) is 7.02. The number of pyridine rings is 1. The van der Waals surface area contributed by atoms with Crippen LogP contribution in [0, 0.1) is 13.8 Å². The lowest BCUT2D eigenvalue weighted by molar-refractivity contribution is -0.0231. The Bertz CT molecular complexity index is 1680. The minimum Gasteiger partial charge on any atom is -0.487 e. The number of aryl methyl sites for hydroxylation is 1. The summed E-state index contributed by atoms with van der Waals surface area (Å²) in [5.74, 6) is -4.51. The van der Waals surface area contributed by atoms with Crippen LogP contribution in [0.2, 0.25) is 0 Å². The second-order valence-electron chi connectivity index (χ2n) is 8.67. The number of hydrogen-bond donors (Lipinski definition) is 1. The second-order valence-corrected chi connectivity index (χ2v) is 11.8. The molecule has 9 nitrogen and oxygen atoms in total. The van der Waals surface area contributed by atoms with Gasteiger partial charge in [-0.15, -0.1) is 0 Å². The summed E-state index contributed by atoms with van der Waals surface area (Å²) in [6.45, 7) is 2.96. The lowest BCUT2D eigenvalue weighted by Gasteiger charge is -2.15. The molecular formula is C25H23F2N3O6S2. The lowest BCUT2D eigenvalue weighted by Crippen LogP contribution is -2.21. The molecule has 2 heterocycles. The van der Waals surface area contributed by atoms with Crippen molar-refractivity contribution < 1.29 is 36.0 Å². The zero-order chi connectivity index (χ0) is 27.8. The Morgan fingerprint density at radius 2 is 1.87 bits per heavy atom. The average molecular weight is 564 g/mol. The predicted molar refractivity (Wildman–Crippen MR) is 136 cm³/mol. The summed E-state index contributed by atoms with van der Waals surface area (Å²) in [6, 6.07) is 11.4. The van der Waals surface area contributed by atoms with Crippen molar-refractivity contribution in [3.8, 4) is 5.75 Å². The minimum atomic E-state index is -4.45. The third kappa shape index (κ3) is 5.43. The lowest BCUT2D eigenvalue weighted by atomic mass is 10.1. The molecule has 0 radical (unpaired) electrons. The van der Waals surface area contributed by atoms with E-state index in [1.807, 2.05) is 0 Å². The number of alkyl halides is 2. The van der Waals surface area contributed by atoms with Gasteiger partial charge in [0.05, 0.1) is 43.7 Å². The largest absolute Gasteiger partial charge is 0.487 e. The fraction of sp³-hybridized carbons (Fsp3) is 0.240. The van der Waals surface area contributed by atoms with Gasteiger partial charge in [-0.25, -0.2) is 30.9 Å². The molecule has 2 aromatic heterocycles. The quantitative estimate of drug-likeness (QED) is 0.319. The van der Waals surface area contributed by atoms with Crippen LogP contribution in [-0.4, -0.2) is 50.2 Å². The number of rotatable bonds is 9. The number of hydrogen-bond acceptors (Lipinski definition) is 7. The highest BCUT2D eigenvalue weighted by atomic mass is 32.2. The van der Waals surface area contributed by atoms with E-state index >= 15 is 0 Å². The minimum absolute atomic E-state index is 0.135. The molecule has 0 bridgehead atoms. The first-order valence-electron chi connectivity index (χ1n) is 11.2. The summed E-state index contributed by atoms with van der Waals surface area (Å²) >= 11 is 0. The van der Waals surface area contributed by atoms with Gasteiger partial charge in [0.15, 0.2) is 6.61 Å². The summed E-state index contributed by atoms with van der Waals surface area (Å²) in [4.78, 5) is 19.7. The molecule has 4 rings (SSSR count). The van der Waals surface area contributed by atoms with Crippen LogP contribution >= 0.6 is 0 Å². The van der Waals surface area contributed by atoms with Gasteiger partial charge in [-0.1, -0.05) is 18.2 Å². The molecular weight excluding hydrogens is 540 g/mol. The van der Waals surface area contributed by atoms with Gasteiger partial charge in [-0.05, 0) is 49.7 Å². The normalized spacial score (nSPS) is 13.0. The standard InChI is InChI=1S/C25H23F2N3O6S2/c1-15-8-9-17(23(31)32)12-22(15)38(34,35)30-20-7-5-4-6-18(20)29-24(30)37(33)13-19-16(2)21(10-11-28-19)36-14-25(3,26)27/h4-12H,13-14H2,1-3H3,(H,31,32). The van der Waals surface area contributed by atoms with E-state index in [1.54, 1.807) is 25.1 Å². The van der Waals surface area contributed by atoms with Crippen molar-refractivity contribution >= 4 is 37.8 Å². The van der Waals surface area contributed by atoms with Gasteiger partial charge in [0.25, 0.3) is 15.9 Å². The Balaban J connectivity index is 1.80. The van der Waals surface area contributed by atoms with E-state index in [-0.39, 0.29) is 43.8 Å². The van der Waals surface area contributed by atoms with Crippen molar-refractivity contribution in [3.63, 3.8) is 0 Å². The molecule has 1 N–H and O–H groups in total. The van der Waals surface area contributed by atoms with Crippen molar-refractivity contribution in [2.24, 2.45) is 0 Å². The van der Waals surface area contributed by atoms with Crippen LogP contribution < -0.4 is 4.74 Å². The van der Waals surface area contributed by atoms with Gasteiger partial charge in [-0.3, -0.25) is 9.19 Å². The zero-order valence-electron chi connectivity index (χ0n) is 20.5. The number of carboxylic acids is 1. The van der Waals surface area contributed by atoms with Gasteiger partial charge in [0, 0.05) is 18.7 Å². The average Bonchev–Trinajstić information content (AvgIpc) is 3.25. The maximum Gasteiger partial charge on any atom is 0.335 e. The topological polar surface area (TPSA) is 128 Å². The molecule has 0 aliphatic carbocycles. The Labute approximate surface area is 219 Å². The Kier molecular flexibility index (Phi) is 7.35. The molecule has 1 unspecified atom stereocenters. The number of ether oxygens (including phenoxy) is 1. The number of nitrogens with zero attached hydrogens (tertiary/aromatic N) is 3. The van der Waals surface area contributed by atoms with E-state index < -0.39 is 39.3 Å². The molecule has 0 amide bonds. The van der Waals surface area contributed by atoms with Crippen molar-refractivity contribution in [2.45, 2.75) is 42.5 Å². The van der Waals surface area contributed by atoms with E-state index in [9.17, 15) is 31.3 Å². The first-order chi connectivity index (χ1) is 17.8. The van der Waals surface area contributed by atoms with Crippen molar-refractivity contribution in [2.75, 3.05) is 6.61 Å². The van der Waals surface area contributed by atoms with E-state index in [0.717, 1.165) is 17.0 Å². The van der Waals surface area contributed by atoms with Crippen molar-refractivity contribution in [1.82, 2.24) is 13.9 Å². The molecule has 0 aliphatic heterocycles. The Morgan fingerprint density at radius 3 is 2.55 bits per heavy atom. The van der Waals surface area contributed by atoms with Crippen LogP contribution in [0.3, 0.4) is 0 Å².